The van der Waals surface area contributed by atoms with E-state index in [0.29, 0.717) is 28.4 Å². The molecule has 0 saturated heterocycles. The fourth-order valence-corrected chi connectivity index (χ4v) is 3.10. The number of ether oxygens (including phenoxy) is 1. The molecule has 0 atom stereocenters. The number of fused-ring (bicyclic) bond motifs is 1. The van der Waals surface area contributed by atoms with Crippen molar-refractivity contribution in [2.75, 3.05) is 0 Å². The molecule has 2 heterocycles. The van der Waals surface area contributed by atoms with Gasteiger partial charge < -0.3 is 4.74 Å². The molecule has 0 N–H and O–H groups in total. The average Bonchev–Trinajstić information content (AvgIpc) is 2.78. The first-order valence-electron chi connectivity index (χ1n) is 9.23. The second-order valence-corrected chi connectivity index (χ2v) is 6.90. The Morgan fingerprint density at radius 2 is 1.83 bits per heavy atom. The minimum Gasteiger partial charge on any atom is -0.459 e. The first kappa shape index (κ1) is 19.6. The Balaban J connectivity index is 1.76. The van der Waals surface area contributed by atoms with Gasteiger partial charge in [-0.1, -0.05) is 54.1 Å². The standard InChI is InChI=1S/C22H16ClN5O2/c23-17-9-7-16(8-10-17)19-21(29)28(12-4-11-24)20-18(26-19)13-25-22(27-20)30-14-15-5-2-1-3-6-15/h1-3,5-10,13H,4,12,14H2. The fourth-order valence-electron chi connectivity index (χ4n) is 2.98. The Labute approximate surface area is 177 Å². The van der Waals surface area contributed by atoms with Gasteiger partial charge in [0.05, 0.1) is 18.7 Å². The van der Waals surface area contributed by atoms with E-state index in [4.69, 9.17) is 21.6 Å². The second-order valence-electron chi connectivity index (χ2n) is 6.47. The van der Waals surface area contributed by atoms with Gasteiger partial charge in [-0.15, -0.1) is 0 Å². The van der Waals surface area contributed by atoms with E-state index in [1.807, 2.05) is 30.3 Å². The van der Waals surface area contributed by atoms with E-state index in [-0.39, 0.29) is 30.2 Å². The summed E-state index contributed by atoms with van der Waals surface area (Å²) in [6, 6.07) is 18.7. The SMILES string of the molecule is N#CCCn1c(=O)c(-c2ccc(Cl)cc2)nc2cnc(OCc3ccccc3)nc21. The van der Waals surface area contributed by atoms with Gasteiger partial charge in [-0.25, -0.2) is 9.97 Å². The maximum absolute atomic E-state index is 13.1. The summed E-state index contributed by atoms with van der Waals surface area (Å²) in [4.78, 5) is 26.2. The third kappa shape index (κ3) is 4.14. The number of nitriles is 1. The average molecular weight is 418 g/mol. The third-order valence-electron chi connectivity index (χ3n) is 4.44. The van der Waals surface area contributed by atoms with E-state index in [1.165, 1.54) is 10.8 Å². The van der Waals surface area contributed by atoms with Crippen molar-refractivity contribution in [3.63, 3.8) is 0 Å². The van der Waals surface area contributed by atoms with Crippen molar-refractivity contribution in [3.05, 3.63) is 81.7 Å². The summed E-state index contributed by atoms with van der Waals surface area (Å²) in [6.07, 6.45) is 1.67. The van der Waals surface area contributed by atoms with Crippen molar-refractivity contribution in [1.82, 2.24) is 19.5 Å². The zero-order valence-electron chi connectivity index (χ0n) is 15.8. The number of aromatic nitrogens is 4. The van der Waals surface area contributed by atoms with Crippen molar-refractivity contribution >= 4 is 22.8 Å². The zero-order chi connectivity index (χ0) is 20.9. The van der Waals surface area contributed by atoms with Crippen molar-refractivity contribution in [2.24, 2.45) is 0 Å². The lowest BCUT2D eigenvalue weighted by Crippen LogP contribution is -2.24. The summed E-state index contributed by atoms with van der Waals surface area (Å²) in [7, 11) is 0. The highest BCUT2D eigenvalue weighted by Gasteiger charge is 2.15. The highest BCUT2D eigenvalue weighted by molar-refractivity contribution is 6.30. The van der Waals surface area contributed by atoms with Gasteiger partial charge in [0.1, 0.15) is 17.8 Å². The van der Waals surface area contributed by atoms with Gasteiger partial charge >= 0.3 is 6.01 Å². The van der Waals surface area contributed by atoms with E-state index in [2.05, 4.69) is 21.0 Å². The van der Waals surface area contributed by atoms with Gasteiger partial charge in [-0.3, -0.25) is 9.36 Å². The Morgan fingerprint density at radius 3 is 2.57 bits per heavy atom. The molecule has 0 amide bonds. The first-order valence-corrected chi connectivity index (χ1v) is 9.60. The molecule has 7 nitrogen and oxygen atoms in total. The molecule has 0 bridgehead atoms. The normalized spacial score (nSPS) is 10.7. The number of halogens is 1. The lowest BCUT2D eigenvalue weighted by atomic mass is 10.1. The molecule has 0 aliphatic carbocycles. The van der Waals surface area contributed by atoms with Crippen molar-refractivity contribution < 1.29 is 4.74 Å². The van der Waals surface area contributed by atoms with Gasteiger partial charge in [0.25, 0.3) is 5.56 Å². The summed E-state index contributed by atoms with van der Waals surface area (Å²) in [5.74, 6) is 0. The maximum atomic E-state index is 13.1. The summed E-state index contributed by atoms with van der Waals surface area (Å²) < 4.78 is 7.12. The van der Waals surface area contributed by atoms with E-state index in [1.54, 1.807) is 24.3 Å². The molecule has 2 aromatic heterocycles. The van der Waals surface area contributed by atoms with Crippen LogP contribution in [0.4, 0.5) is 0 Å². The third-order valence-corrected chi connectivity index (χ3v) is 4.69. The Kier molecular flexibility index (Phi) is 5.68. The summed E-state index contributed by atoms with van der Waals surface area (Å²) in [6.45, 7) is 0.481. The first-order chi connectivity index (χ1) is 14.7. The highest BCUT2D eigenvalue weighted by atomic mass is 35.5. The molecule has 0 aliphatic rings. The van der Waals surface area contributed by atoms with Crippen LogP contribution in [0, 0.1) is 11.3 Å². The van der Waals surface area contributed by atoms with Gasteiger partial charge in [-0.05, 0) is 17.7 Å². The molecular formula is C22H16ClN5O2. The monoisotopic (exact) mass is 417 g/mol. The summed E-state index contributed by atoms with van der Waals surface area (Å²) in [5.41, 5.74) is 2.27. The number of nitrogens with zero attached hydrogens (tertiary/aromatic N) is 5. The quantitative estimate of drug-likeness (QED) is 0.470. The van der Waals surface area contributed by atoms with Crippen LogP contribution in [0.1, 0.15) is 12.0 Å². The lowest BCUT2D eigenvalue weighted by molar-refractivity contribution is 0.281. The van der Waals surface area contributed by atoms with Crippen LogP contribution in [0.2, 0.25) is 5.02 Å². The fraction of sp³-hybridized carbons (Fsp3) is 0.136. The molecule has 8 heteroatoms. The van der Waals surface area contributed by atoms with Gasteiger partial charge in [0, 0.05) is 17.1 Å². The minimum absolute atomic E-state index is 0.137. The van der Waals surface area contributed by atoms with E-state index in [0.717, 1.165) is 5.56 Å². The Hall–Kier alpha value is -3.76. The second kappa shape index (κ2) is 8.72. The number of rotatable bonds is 6. The van der Waals surface area contributed by atoms with Crippen LogP contribution in [-0.4, -0.2) is 19.5 Å². The number of hydrogen-bond acceptors (Lipinski definition) is 6. The lowest BCUT2D eigenvalue weighted by Gasteiger charge is -2.11. The molecule has 0 radical (unpaired) electrons. The number of aryl methyl sites for hydroxylation is 1. The molecule has 0 saturated carbocycles. The van der Waals surface area contributed by atoms with Crippen LogP contribution in [0.25, 0.3) is 22.4 Å². The molecule has 0 spiro atoms. The van der Waals surface area contributed by atoms with Crippen LogP contribution in [0.15, 0.2) is 65.6 Å². The molecule has 0 fully saturated rings. The predicted molar refractivity (Wildman–Crippen MR) is 113 cm³/mol. The topological polar surface area (TPSA) is 93.7 Å². The summed E-state index contributed by atoms with van der Waals surface area (Å²) in [5, 5.41) is 9.58. The molecule has 2 aromatic carbocycles. The van der Waals surface area contributed by atoms with Crippen molar-refractivity contribution in [1.29, 1.82) is 5.26 Å². The van der Waals surface area contributed by atoms with Crippen LogP contribution < -0.4 is 10.3 Å². The van der Waals surface area contributed by atoms with E-state index >= 15 is 0 Å². The predicted octanol–water partition coefficient (Wildman–Crippen LogP) is 4.00. The maximum Gasteiger partial charge on any atom is 0.318 e. The highest BCUT2D eigenvalue weighted by Crippen LogP contribution is 2.20. The molecule has 4 rings (SSSR count). The van der Waals surface area contributed by atoms with Crippen LogP contribution >= 0.6 is 11.6 Å². The molecule has 4 aromatic rings. The largest absolute Gasteiger partial charge is 0.459 e. The van der Waals surface area contributed by atoms with Crippen LogP contribution in [0.5, 0.6) is 6.01 Å². The smallest absolute Gasteiger partial charge is 0.318 e. The zero-order valence-corrected chi connectivity index (χ0v) is 16.6. The Morgan fingerprint density at radius 1 is 1.07 bits per heavy atom. The van der Waals surface area contributed by atoms with Gasteiger partial charge in [-0.2, -0.15) is 10.2 Å². The number of benzene rings is 2. The van der Waals surface area contributed by atoms with Crippen molar-refractivity contribution in [3.8, 4) is 23.3 Å². The summed E-state index contributed by atoms with van der Waals surface area (Å²) >= 11 is 5.95. The molecule has 0 unspecified atom stereocenters. The molecule has 148 valence electrons. The van der Waals surface area contributed by atoms with Crippen LogP contribution in [0.3, 0.4) is 0 Å². The molecule has 0 aliphatic heterocycles. The molecular weight excluding hydrogens is 402 g/mol. The van der Waals surface area contributed by atoms with Gasteiger partial charge in [0.15, 0.2) is 5.65 Å². The molecule has 30 heavy (non-hydrogen) atoms. The van der Waals surface area contributed by atoms with E-state index in [9.17, 15) is 4.79 Å². The minimum atomic E-state index is -0.340. The Bertz CT molecular complexity index is 1280. The van der Waals surface area contributed by atoms with Crippen molar-refractivity contribution in [2.45, 2.75) is 19.6 Å². The van der Waals surface area contributed by atoms with Gasteiger partial charge in [0.2, 0.25) is 0 Å². The number of hydrogen-bond donors (Lipinski definition) is 0. The van der Waals surface area contributed by atoms with Crippen LogP contribution in [-0.2, 0) is 13.2 Å². The van der Waals surface area contributed by atoms with E-state index < -0.39 is 0 Å².